The number of nitrogens with zero attached hydrogens (tertiary/aromatic N) is 1. The van der Waals surface area contributed by atoms with E-state index in [2.05, 4.69) is 35.6 Å². The summed E-state index contributed by atoms with van der Waals surface area (Å²) < 4.78 is 0. The normalized spacial score (nSPS) is 25.1. The first-order valence-corrected chi connectivity index (χ1v) is 5.79. The number of unbranched alkanes of at least 4 members (excludes halogenated alkanes) is 2. The molecule has 0 aromatic carbocycles. The molecule has 1 saturated heterocycles. The molecule has 0 bridgehead atoms. The molecule has 78 valence electrons. The third-order valence-corrected chi connectivity index (χ3v) is 3.07. The highest BCUT2D eigenvalue weighted by molar-refractivity contribution is 5.22. The number of allylic oxidation sites excluding steroid dienone is 3. The van der Waals surface area contributed by atoms with Gasteiger partial charge in [-0.3, -0.25) is 0 Å². The smallest absolute Gasteiger partial charge is 0.0341 e. The Labute approximate surface area is 86.6 Å². The first kappa shape index (κ1) is 9.78. The second-order valence-electron chi connectivity index (χ2n) is 4.17. The van der Waals surface area contributed by atoms with E-state index in [1.807, 2.05) is 0 Å². The molecular formula is C12H20N2. The van der Waals surface area contributed by atoms with E-state index in [4.69, 9.17) is 0 Å². The molecule has 0 spiro atoms. The van der Waals surface area contributed by atoms with Crippen LogP contribution in [0, 0.1) is 5.92 Å². The fraction of sp³-hybridized carbons (Fsp3) is 0.667. The molecule has 14 heavy (non-hydrogen) atoms. The minimum absolute atomic E-state index is 0.738. The fourth-order valence-corrected chi connectivity index (χ4v) is 2.20. The highest BCUT2D eigenvalue weighted by Crippen LogP contribution is 2.27. The van der Waals surface area contributed by atoms with Crippen LogP contribution < -0.4 is 5.43 Å². The van der Waals surface area contributed by atoms with E-state index in [-0.39, 0.29) is 0 Å². The summed E-state index contributed by atoms with van der Waals surface area (Å²) in [5.74, 6) is 0.738. The van der Waals surface area contributed by atoms with Gasteiger partial charge in [-0.2, -0.15) is 0 Å². The van der Waals surface area contributed by atoms with E-state index < -0.39 is 0 Å². The molecule has 0 aromatic heterocycles. The van der Waals surface area contributed by atoms with Crippen molar-refractivity contribution in [3.8, 4) is 0 Å². The van der Waals surface area contributed by atoms with Gasteiger partial charge in [-0.05, 0) is 18.9 Å². The Morgan fingerprint density at radius 1 is 1.50 bits per heavy atom. The second kappa shape index (κ2) is 4.65. The van der Waals surface area contributed by atoms with Gasteiger partial charge in [-0.15, -0.1) is 0 Å². The quantitative estimate of drug-likeness (QED) is 0.688. The summed E-state index contributed by atoms with van der Waals surface area (Å²) >= 11 is 0. The predicted molar refractivity (Wildman–Crippen MR) is 59.6 cm³/mol. The first-order chi connectivity index (χ1) is 6.92. The molecule has 1 aliphatic heterocycles. The van der Waals surface area contributed by atoms with Crippen LogP contribution in [-0.2, 0) is 0 Å². The summed E-state index contributed by atoms with van der Waals surface area (Å²) in [4.78, 5) is 0. The van der Waals surface area contributed by atoms with Crippen molar-refractivity contribution in [3.05, 3.63) is 23.9 Å². The number of hydrogen-bond acceptors (Lipinski definition) is 2. The van der Waals surface area contributed by atoms with Gasteiger partial charge in [0, 0.05) is 24.7 Å². The molecular weight excluding hydrogens is 172 g/mol. The van der Waals surface area contributed by atoms with E-state index in [0.29, 0.717) is 0 Å². The Balaban J connectivity index is 1.87. The average Bonchev–Trinajstić information content (AvgIpc) is 2.63. The Morgan fingerprint density at radius 3 is 3.29 bits per heavy atom. The number of hydrazine groups is 1. The van der Waals surface area contributed by atoms with Gasteiger partial charge in [0.05, 0.1) is 0 Å². The largest absolute Gasteiger partial charge is 0.312 e. The highest BCUT2D eigenvalue weighted by Gasteiger charge is 2.26. The zero-order chi connectivity index (χ0) is 9.80. The molecule has 1 unspecified atom stereocenters. The zero-order valence-electron chi connectivity index (χ0n) is 9.00. The standard InChI is InChI=1S/C12H20N2/c1-2-3-6-9-14-12-8-5-4-7-11(12)10-13-14/h4-5,8,11,13H,2-3,6-7,9-10H2,1H3. The van der Waals surface area contributed by atoms with E-state index in [1.165, 1.54) is 37.9 Å². The highest BCUT2D eigenvalue weighted by atomic mass is 15.5. The molecule has 2 rings (SSSR count). The van der Waals surface area contributed by atoms with Crippen molar-refractivity contribution in [2.75, 3.05) is 13.1 Å². The molecule has 0 radical (unpaired) electrons. The summed E-state index contributed by atoms with van der Waals surface area (Å²) in [5, 5.41) is 2.35. The molecule has 2 heteroatoms. The van der Waals surface area contributed by atoms with Gasteiger partial charge in [-0.25, -0.2) is 5.43 Å². The summed E-state index contributed by atoms with van der Waals surface area (Å²) in [6, 6.07) is 0. The number of fused-ring (bicyclic) bond motifs is 1. The van der Waals surface area contributed by atoms with E-state index in [9.17, 15) is 0 Å². The summed E-state index contributed by atoms with van der Waals surface area (Å²) in [7, 11) is 0. The minimum atomic E-state index is 0.738. The third kappa shape index (κ3) is 2.01. The molecule has 2 aliphatic rings. The maximum Gasteiger partial charge on any atom is 0.0341 e. The van der Waals surface area contributed by atoms with Crippen molar-refractivity contribution in [3.63, 3.8) is 0 Å². The summed E-state index contributed by atoms with van der Waals surface area (Å²) in [5.41, 5.74) is 4.99. The number of rotatable bonds is 4. The van der Waals surface area contributed by atoms with Crippen LogP contribution in [0.5, 0.6) is 0 Å². The lowest BCUT2D eigenvalue weighted by Gasteiger charge is -2.22. The van der Waals surface area contributed by atoms with Gasteiger partial charge >= 0.3 is 0 Å². The molecule has 0 aromatic rings. The lowest BCUT2D eigenvalue weighted by Crippen LogP contribution is -2.30. The van der Waals surface area contributed by atoms with Crippen molar-refractivity contribution < 1.29 is 0 Å². The molecule has 2 nitrogen and oxygen atoms in total. The van der Waals surface area contributed by atoms with Gasteiger partial charge in [0.15, 0.2) is 0 Å². The molecule has 1 N–H and O–H groups in total. The van der Waals surface area contributed by atoms with Crippen molar-refractivity contribution in [2.24, 2.45) is 5.92 Å². The maximum atomic E-state index is 3.48. The summed E-state index contributed by atoms with van der Waals surface area (Å²) in [6.07, 6.45) is 11.9. The van der Waals surface area contributed by atoms with Gasteiger partial charge < -0.3 is 5.01 Å². The average molecular weight is 192 g/mol. The van der Waals surface area contributed by atoms with Crippen LogP contribution in [0.25, 0.3) is 0 Å². The molecule has 0 saturated carbocycles. The van der Waals surface area contributed by atoms with Crippen LogP contribution in [0.3, 0.4) is 0 Å². The Kier molecular flexibility index (Phi) is 3.25. The van der Waals surface area contributed by atoms with E-state index in [0.717, 1.165) is 12.5 Å². The van der Waals surface area contributed by atoms with Crippen molar-refractivity contribution in [2.45, 2.75) is 32.6 Å². The van der Waals surface area contributed by atoms with Crippen LogP contribution in [0.2, 0.25) is 0 Å². The molecule has 1 atom stereocenters. The Hall–Kier alpha value is -0.760. The van der Waals surface area contributed by atoms with Gasteiger partial charge in [0.2, 0.25) is 0 Å². The van der Waals surface area contributed by atoms with Crippen molar-refractivity contribution in [1.82, 2.24) is 10.4 Å². The van der Waals surface area contributed by atoms with Crippen molar-refractivity contribution in [1.29, 1.82) is 0 Å². The Morgan fingerprint density at radius 2 is 2.43 bits per heavy atom. The molecule has 1 heterocycles. The third-order valence-electron chi connectivity index (χ3n) is 3.07. The monoisotopic (exact) mass is 192 g/mol. The lowest BCUT2D eigenvalue weighted by molar-refractivity contribution is 0.289. The Bertz CT molecular complexity index is 243. The van der Waals surface area contributed by atoms with Crippen LogP contribution in [-0.4, -0.2) is 18.1 Å². The van der Waals surface area contributed by atoms with Gasteiger partial charge in [0.25, 0.3) is 0 Å². The number of nitrogens with one attached hydrogen (secondary N) is 1. The van der Waals surface area contributed by atoms with Gasteiger partial charge in [-0.1, -0.05) is 31.9 Å². The van der Waals surface area contributed by atoms with E-state index >= 15 is 0 Å². The van der Waals surface area contributed by atoms with Crippen LogP contribution >= 0.6 is 0 Å². The fourth-order valence-electron chi connectivity index (χ4n) is 2.20. The van der Waals surface area contributed by atoms with Crippen LogP contribution in [0.1, 0.15) is 32.6 Å². The maximum absolute atomic E-state index is 3.48. The van der Waals surface area contributed by atoms with Crippen molar-refractivity contribution >= 4 is 0 Å². The zero-order valence-corrected chi connectivity index (χ0v) is 9.00. The first-order valence-electron chi connectivity index (χ1n) is 5.79. The van der Waals surface area contributed by atoms with Gasteiger partial charge in [0.1, 0.15) is 0 Å². The molecule has 1 fully saturated rings. The minimum Gasteiger partial charge on any atom is -0.312 e. The lowest BCUT2D eigenvalue weighted by atomic mass is 9.98. The topological polar surface area (TPSA) is 15.3 Å². The van der Waals surface area contributed by atoms with Crippen LogP contribution in [0.4, 0.5) is 0 Å². The molecule has 0 amide bonds. The second-order valence-corrected chi connectivity index (χ2v) is 4.17. The van der Waals surface area contributed by atoms with E-state index in [1.54, 1.807) is 0 Å². The number of hydrogen-bond donors (Lipinski definition) is 1. The predicted octanol–water partition coefficient (Wildman–Crippen LogP) is 2.46. The van der Waals surface area contributed by atoms with Crippen LogP contribution in [0.15, 0.2) is 23.9 Å². The summed E-state index contributed by atoms with van der Waals surface area (Å²) in [6.45, 7) is 4.55. The SMILES string of the molecule is CCCCCN1NCC2CC=CC=C21. The molecule has 1 aliphatic carbocycles.